The summed E-state index contributed by atoms with van der Waals surface area (Å²) in [6, 6.07) is 8.04. The minimum atomic E-state index is 0.0466. The maximum atomic E-state index is 12.3. The molecule has 1 aliphatic rings. The molecule has 2 N–H and O–H groups in total. The van der Waals surface area contributed by atoms with Crippen LogP contribution in [0.3, 0.4) is 0 Å². The van der Waals surface area contributed by atoms with Gasteiger partial charge in [-0.05, 0) is 37.8 Å². The van der Waals surface area contributed by atoms with Crippen molar-refractivity contribution in [2.45, 2.75) is 39.2 Å². The molecule has 0 bridgehead atoms. The van der Waals surface area contributed by atoms with E-state index < -0.39 is 0 Å². The van der Waals surface area contributed by atoms with Crippen molar-refractivity contribution in [3.63, 3.8) is 0 Å². The normalized spacial score (nSPS) is 22.8. The highest BCUT2D eigenvalue weighted by Crippen LogP contribution is 2.25. The highest BCUT2D eigenvalue weighted by molar-refractivity contribution is 5.99. The van der Waals surface area contributed by atoms with E-state index in [4.69, 9.17) is 0 Å². The molecule has 2 atom stereocenters. The lowest BCUT2D eigenvalue weighted by Gasteiger charge is -2.18. The summed E-state index contributed by atoms with van der Waals surface area (Å²) in [4.78, 5) is 12.3. The molecule has 0 saturated heterocycles. The number of nitrogens with one attached hydrogen (secondary N) is 2. The topological polar surface area (TPSA) is 41.1 Å². The molecular weight excluding hydrogens is 224 g/mol. The van der Waals surface area contributed by atoms with E-state index in [2.05, 4.69) is 17.6 Å². The van der Waals surface area contributed by atoms with Gasteiger partial charge in [-0.1, -0.05) is 25.5 Å². The SMILES string of the molecule is CCNc1ccccc1C(=O)NC1CCCC1C. The van der Waals surface area contributed by atoms with Crippen LogP contribution in [0.2, 0.25) is 0 Å². The van der Waals surface area contributed by atoms with Gasteiger partial charge in [0.1, 0.15) is 0 Å². The van der Waals surface area contributed by atoms with E-state index >= 15 is 0 Å². The number of anilines is 1. The van der Waals surface area contributed by atoms with Gasteiger partial charge in [-0.2, -0.15) is 0 Å². The summed E-state index contributed by atoms with van der Waals surface area (Å²) >= 11 is 0. The van der Waals surface area contributed by atoms with Crippen molar-refractivity contribution in [2.24, 2.45) is 5.92 Å². The zero-order chi connectivity index (χ0) is 13.0. The van der Waals surface area contributed by atoms with Crippen LogP contribution >= 0.6 is 0 Å². The molecule has 1 aromatic rings. The zero-order valence-electron chi connectivity index (χ0n) is 11.2. The molecule has 1 saturated carbocycles. The largest absolute Gasteiger partial charge is 0.385 e. The molecule has 0 aliphatic heterocycles. The fourth-order valence-electron chi connectivity index (χ4n) is 2.63. The first-order chi connectivity index (χ1) is 8.72. The second-order valence-corrected chi connectivity index (χ2v) is 5.06. The summed E-state index contributed by atoms with van der Waals surface area (Å²) in [6.45, 7) is 5.08. The maximum Gasteiger partial charge on any atom is 0.253 e. The van der Waals surface area contributed by atoms with Gasteiger partial charge in [-0.25, -0.2) is 0 Å². The van der Waals surface area contributed by atoms with Crippen LogP contribution < -0.4 is 10.6 Å². The molecule has 0 heterocycles. The number of benzene rings is 1. The number of para-hydroxylation sites is 1. The average molecular weight is 246 g/mol. The lowest BCUT2D eigenvalue weighted by atomic mass is 10.1. The van der Waals surface area contributed by atoms with Crippen molar-refractivity contribution >= 4 is 11.6 Å². The van der Waals surface area contributed by atoms with Gasteiger partial charge in [0.25, 0.3) is 5.91 Å². The summed E-state index contributed by atoms with van der Waals surface area (Å²) < 4.78 is 0. The molecular formula is C15H22N2O. The Morgan fingerprint density at radius 1 is 1.33 bits per heavy atom. The molecule has 1 aromatic carbocycles. The average Bonchev–Trinajstić information content (AvgIpc) is 2.76. The summed E-state index contributed by atoms with van der Waals surface area (Å²) in [7, 11) is 0. The third kappa shape index (κ3) is 2.84. The van der Waals surface area contributed by atoms with Crippen molar-refractivity contribution in [1.82, 2.24) is 5.32 Å². The molecule has 0 aromatic heterocycles. The number of carbonyl (C=O) groups excluding carboxylic acids is 1. The molecule has 0 spiro atoms. The standard InChI is InChI=1S/C15H22N2O/c1-3-16-14-9-5-4-8-12(14)15(18)17-13-10-6-7-11(13)2/h4-5,8-9,11,13,16H,3,6-7,10H2,1-2H3,(H,17,18). The molecule has 98 valence electrons. The van der Waals surface area contributed by atoms with Crippen LogP contribution in [-0.4, -0.2) is 18.5 Å². The van der Waals surface area contributed by atoms with Gasteiger partial charge in [0.05, 0.1) is 5.56 Å². The quantitative estimate of drug-likeness (QED) is 0.857. The Morgan fingerprint density at radius 3 is 2.78 bits per heavy atom. The third-order valence-electron chi connectivity index (χ3n) is 3.72. The lowest BCUT2D eigenvalue weighted by Crippen LogP contribution is -2.36. The van der Waals surface area contributed by atoms with Gasteiger partial charge in [-0.15, -0.1) is 0 Å². The Bertz CT molecular complexity index is 417. The fraction of sp³-hybridized carbons (Fsp3) is 0.533. The van der Waals surface area contributed by atoms with Crippen LogP contribution in [0.1, 0.15) is 43.5 Å². The molecule has 1 amide bonds. The molecule has 3 nitrogen and oxygen atoms in total. The molecule has 1 aliphatic carbocycles. The van der Waals surface area contributed by atoms with E-state index in [1.54, 1.807) is 0 Å². The Labute approximate surface area is 109 Å². The smallest absolute Gasteiger partial charge is 0.253 e. The Kier molecular flexibility index (Phi) is 4.24. The van der Waals surface area contributed by atoms with Crippen LogP contribution in [-0.2, 0) is 0 Å². The van der Waals surface area contributed by atoms with Crippen LogP contribution in [0.4, 0.5) is 5.69 Å². The van der Waals surface area contributed by atoms with Gasteiger partial charge in [0, 0.05) is 18.3 Å². The minimum absolute atomic E-state index is 0.0466. The summed E-state index contributed by atoms with van der Waals surface area (Å²) in [6.07, 6.45) is 3.55. The number of amides is 1. The molecule has 1 fully saturated rings. The van der Waals surface area contributed by atoms with E-state index in [0.29, 0.717) is 12.0 Å². The summed E-state index contributed by atoms with van der Waals surface area (Å²) in [5.41, 5.74) is 1.67. The predicted octanol–water partition coefficient (Wildman–Crippen LogP) is 3.04. The van der Waals surface area contributed by atoms with E-state index in [-0.39, 0.29) is 5.91 Å². The van der Waals surface area contributed by atoms with Gasteiger partial charge < -0.3 is 10.6 Å². The van der Waals surface area contributed by atoms with E-state index in [9.17, 15) is 4.79 Å². The van der Waals surface area contributed by atoms with Gasteiger partial charge >= 0.3 is 0 Å². The number of carbonyl (C=O) groups is 1. The molecule has 18 heavy (non-hydrogen) atoms. The van der Waals surface area contributed by atoms with Crippen molar-refractivity contribution in [3.05, 3.63) is 29.8 Å². The molecule has 0 radical (unpaired) electrons. The zero-order valence-corrected chi connectivity index (χ0v) is 11.2. The molecule has 3 heteroatoms. The maximum absolute atomic E-state index is 12.3. The van der Waals surface area contributed by atoms with Crippen LogP contribution in [0, 0.1) is 5.92 Å². The second kappa shape index (κ2) is 5.89. The number of hydrogen-bond acceptors (Lipinski definition) is 2. The van der Waals surface area contributed by atoms with Gasteiger partial charge in [0.2, 0.25) is 0 Å². The number of hydrogen-bond donors (Lipinski definition) is 2. The van der Waals surface area contributed by atoms with Crippen LogP contribution in [0.5, 0.6) is 0 Å². The van der Waals surface area contributed by atoms with E-state index in [0.717, 1.165) is 24.2 Å². The molecule has 2 rings (SSSR count). The Hall–Kier alpha value is -1.51. The van der Waals surface area contributed by atoms with Crippen molar-refractivity contribution < 1.29 is 4.79 Å². The first-order valence-electron chi connectivity index (χ1n) is 6.86. The highest BCUT2D eigenvalue weighted by Gasteiger charge is 2.25. The van der Waals surface area contributed by atoms with Crippen LogP contribution in [0.25, 0.3) is 0 Å². The van der Waals surface area contributed by atoms with Crippen molar-refractivity contribution in [2.75, 3.05) is 11.9 Å². The second-order valence-electron chi connectivity index (χ2n) is 5.06. The van der Waals surface area contributed by atoms with Crippen molar-refractivity contribution in [3.8, 4) is 0 Å². The summed E-state index contributed by atoms with van der Waals surface area (Å²) in [5, 5.41) is 6.40. The first kappa shape index (κ1) is 12.9. The highest BCUT2D eigenvalue weighted by atomic mass is 16.1. The van der Waals surface area contributed by atoms with Gasteiger partial charge in [0.15, 0.2) is 0 Å². The summed E-state index contributed by atoms with van der Waals surface area (Å²) in [5.74, 6) is 0.644. The first-order valence-corrected chi connectivity index (χ1v) is 6.86. The third-order valence-corrected chi connectivity index (χ3v) is 3.72. The van der Waals surface area contributed by atoms with Crippen molar-refractivity contribution in [1.29, 1.82) is 0 Å². The lowest BCUT2D eigenvalue weighted by molar-refractivity contribution is 0.0930. The van der Waals surface area contributed by atoms with E-state index in [1.165, 1.54) is 12.8 Å². The Balaban J connectivity index is 2.08. The minimum Gasteiger partial charge on any atom is -0.385 e. The van der Waals surface area contributed by atoms with Gasteiger partial charge in [-0.3, -0.25) is 4.79 Å². The van der Waals surface area contributed by atoms with E-state index in [1.807, 2.05) is 31.2 Å². The van der Waals surface area contributed by atoms with Crippen LogP contribution in [0.15, 0.2) is 24.3 Å². The predicted molar refractivity (Wildman–Crippen MR) is 74.9 cm³/mol. The monoisotopic (exact) mass is 246 g/mol. The Morgan fingerprint density at radius 2 is 2.11 bits per heavy atom. The molecule has 2 unspecified atom stereocenters. The number of rotatable bonds is 4. The fourth-order valence-corrected chi connectivity index (χ4v) is 2.63.